The van der Waals surface area contributed by atoms with Crippen LogP contribution in [0.1, 0.15) is 24.1 Å². The molecule has 1 unspecified atom stereocenters. The number of hydrogen-bond donors (Lipinski definition) is 1. The smallest absolute Gasteiger partial charge is 0.175 e. The molecular weight excluding hydrogens is 274 g/mol. The van der Waals surface area contributed by atoms with Gasteiger partial charge in [-0.15, -0.1) is 0 Å². The molecule has 2 aromatic rings. The van der Waals surface area contributed by atoms with Gasteiger partial charge in [-0.05, 0) is 24.6 Å². The first-order valence-electron chi connectivity index (χ1n) is 6.37. The summed E-state index contributed by atoms with van der Waals surface area (Å²) in [6, 6.07) is 7.14. The van der Waals surface area contributed by atoms with Gasteiger partial charge in [0.15, 0.2) is 9.84 Å². The Bertz CT molecular complexity index is 675. The van der Waals surface area contributed by atoms with Crippen LogP contribution in [-0.4, -0.2) is 24.5 Å². The number of sulfone groups is 1. The summed E-state index contributed by atoms with van der Waals surface area (Å²) in [4.78, 5) is 0.349. The lowest BCUT2D eigenvalue weighted by Crippen LogP contribution is -2.17. The molecule has 5 nitrogen and oxygen atoms in total. The molecule has 0 aliphatic rings. The Labute approximate surface area is 119 Å². The Morgan fingerprint density at radius 3 is 2.45 bits per heavy atom. The molecule has 0 saturated heterocycles. The van der Waals surface area contributed by atoms with Crippen molar-refractivity contribution >= 4 is 9.84 Å². The minimum Gasteiger partial charge on any atom is -0.306 e. The molecule has 0 bridgehead atoms. The summed E-state index contributed by atoms with van der Waals surface area (Å²) in [7, 11) is -1.23. The van der Waals surface area contributed by atoms with Crippen molar-refractivity contribution in [3.63, 3.8) is 0 Å². The van der Waals surface area contributed by atoms with Crippen molar-refractivity contribution < 1.29 is 8.42 Å². The SMILES string of the molecule is CC(NCc1ccc(S(C)(=O)=O)cc1)c1cnn(C)c1. The summed E-state index contributed by atoms with van der Waals surface area (Å²) in [5.74, 6) is 0. The van der Waals surface area contributed by atoms with E-state index in [0.29, 0.717) is 11.4 Å². The molecule has 0 fully saturated rings. The van der Waals surface area contributed by atoms with E-state index in [1.165, 1.54) is 6.26 Å². The van der Waals surface area contributed by atoms with Gasteiger partial charge in [-0.3, -0.25) is 4.68 Å². The molecule has 1 atom stereocenters. The minimum atomic E-state index is -3.12. The third-order valence-corrected chi connectivity index (χ3v) is 4.32. The quantitative estimate of drug-likeness (QED) is 0.911. The van der Waals surface area contributed by atoms with Gasteiger partial charge in [0.05, 0.1) is 11.1 Å². The van der Waals surface area contributed by atoms with Gasteiger partial charge in [-0.1, -0.05) is 12.1 Å². The van der Waals surface area contributed by atoms with Crippen LogP contribution in [0.15, 0.2) is 41.6 Å². The van der Waals surface area contributed by atoms with Gasteiger partial charge < -0.3 is 5.32 Å². The average Bonchev–Trinajstić information content (AvgIpc) is 2.82. The van der Waals surface area contributed by atoms with Gasteiger partial charge in [0.2, 0.25) is 0 Å². The van der Waals surface area contributed by atoms with E-state index in [2.05, 4.69) is 17.3 Å². The van der Waals surface area contributed by atoms with Gasteiger partial charge in [-0.2, -0.15) is 5.10 Å². The second-order valence-electron chi connectivity index (χ2n) is 4.97. The first-order chi connectivity index (χ1) is 9.36. The fourth-order valence-corrected chi connectivity index (χ4v) is 2.54. The average molecular weight is 293 g/mol. The summed E-state index contributed by atoms with van der Waals surface area (Å²) < 4.78 is 24.5. The molecule has 1 aromatic heterocycles. The first kappa shape index (κ1) is 14.7. The van der Waals surface area contributed by atoms with Crippen LogP contribution < -0.4 is 5.32 Å². The maximum absolute atomic E-state index is 11.4. The third kappa shape index (κ3) is 3.68. The summed E-state index contributed by atoms with van der Waals surface area (Å²) >= 11 is 0. The van der Waals surface area contributed by atoms with Crippen LogP contribution in [0.2, 0.25) is 0 Å². The monoisotopic (exact) mass is 293 g/mol. The van der Waals surface area contributed by atoms with Crippen molar-refractivity contribution in [2.75, 3.05) is 6.26 Å². The fraction of sp³-hybridized carbons (Fsp3) is 0.357. The molecule has 0 amide bonds. The van der Waals surface area contributed by atoms with Gasteiger partial charge in [0, 0.05) is 37.7 Å². The van der Waals surface area contributed by atoms with Crippen molar-refractivity contribution in [1.82, 2.24) is 15.1 Å². The normalized spacial score (nSPS) is 13.3. The molecule has 6 heteroatoms. The predicted molar refractivity (Wildman–Crippen MR) is 78.0 cm³/mol. The predicted octanol–water partition coefficient (Wildman–Crippen LogP) is 1.67. The van der Waals surface area contributed by atoms with Gasteiger partial charge in [0.25, 0.3) is 0 Å². The maximum Gasteiger partial charge on any atom is 0.175 e. The minimum absolute atomic E-state index is 0.193. The zero-order chi connectivity index (χ0) is 14.8. The lowest BCUT2D eigenvalue weighted by molar-refractivity contribution is 0.573. The van der Waals surface area contributed by atoms with Crippen LogP contribution in [0.3, 0.4) is 0 Å². The standard InChI is InChI=1S/C14H19N3O2S/c1-11(13-9-16-17(2)10-13)15-8-12-4-6-14(7-5-12)20(3,18)19/h4-7,9-11,15H,8H2,1-3H3. The molecule has 0 aliphatic carbocycles. The Balaban J connectivity index is 1.97. The second kappa shape index (κ2) is 5.76. The summed E-state index contributed by atoms with van der Waals surface area (Å²) in [5.41, 5.74) is 2.17. The number of rotatable bonds is 5. The van der Waals surface area contributed by atoms with Crippen molar-refractivity contribution in [2.45, 2.75) is 24.4 Å². The highest BCUT2D eigenvalue weighted by Crippen LogP contribution is 2.13. The molecule has 1 N–H and O–H groups in total. The van der Waals surface area contributed by atoms with E-state index in [9.17, 15) is 8.42 Å². The van der Waals surface area contributed by atoms with E-state index in [1.54, 1.807) is 16.8 Å². The Kier molecular flexibility index (Phi) is 4.25. The van der Waals surface area contributed by atoms with Gasteiger partial charge in [0.1, 0.15) is 0 Å². The van der Waals surface area contributed by atoms with Crippen molar-refractivity contribution in [2.24, 2.45) is 7.05 Å². The van der Waals surface area contributed by atoms with E-state index >= 15 is 0 Å². The number of aryl methyl sites for hydroxylation is 1. The van der Waals surface area contributed by atoms with E-state index in [1.807, 2.05) is 31.6 Å². The highest BCUT2D eigenvalue weighted by atomic mass is 32.2. The van der Waals surface area contributed by atoms with Gasteiger partial charge >= 0.3 is 0 Å². The summed E-state index contributed by atoms with van der Waals surface area (Å²) in [6.07, 6.45) is 5.03. The third-order valence-electron chi connectivity index (χ3n) is 3.19. The zero-order valence-corrected chi connectivity index (χ0v) is 12.7. The van der Waals surface area contributed by atoms with E-state index < -0.39 is 9.84 Å². The van der Waals surface area contributed by atoms with Gasteiger partial charge in [-0.25, -0.2) is 8.42 Å². The largest absolute Gasteiger partial charge is 0.306 e. The Morgan fingerprint density at radius 1 is 1.30 bits per heavy atom. The molecule has 0 saturated carbocycles. The zero-order valence-electron chi connectivity index (χ0n) is 11.9. The number of benzene rings is 1. The molecule has 108 valence electrons. The van der Waals surface area contributed by atoms with Crippen molar-refractivity contribution in [3.05, 3.63) is 47.8 Å². The van der Waals surface area contributed by atoms with Crippen LogP contribution in [0, 0.1) is 0 Å². The molecule has 2 rings (SSSR count). The molecule has 20 heavy (non-hydrogen) atoms. The van der Waals surface area contributed by atoms with E-state index in [-0.39, 0.29) is 6.04 Å². The fourth-order valence-electron chi connectivity index (χ4n) is 1.91. The van der Waals surface area contributed by atoms with Crippen LogP contribution in [-0.2, 0) is 23.4 Å². The van der Waals surface area contributed by atoms with Crippen LogP contribution in [0.25, 0.3) is 0 Å². The maximum atomic E-state index is 11.4. The molecule has 1 heterocycles. The Morgan fingerprint density at radius 2 is 1.95 bits per heavy atom. The topological polar surface area (TPSA) is 64.0 Å². The van der Waals surface area contributed by atoms with E-state index in [4.69, 9.17) is 0 Å². The van der Waals surface area contributed by atoms with E-state index in [0.717, 1.165) is 11.1 Å². The highest BCUT2D eigenvalue weighted by Gasteiger charge is 2.08. The molecule has 1 aromatic carbocycles. The molecule has 0 spiro atoms. The lowest BCUT2D eigenvalue weighted by atomic mass is 10.1. The first-order valence-corrected chi connectivity index (χ1v) is 8.26. The number of nitrogens with zero attached hydrogens (tertiary/aromatic N) is 2. The number of nitrogens with one attached hydrogen (secondary N) is 1. The molecule has 0 radical (unpaired) electrons. The summed E-state index contributed by atoms with van der Waals surface area (Å²) in [5, 5.41) is 7.53. The number of aromatic nitrogens is 2. The molecular formula is C14H19N3O2S. The summed E-state index contributed by atoms with van der Waals surface area (Å²) in [6.45, 7) is 2.75. The lowest BCUT2D eigenvalue weighted by Gasteiger charge is -2.12. The van der Waals surface area contributed by atoms with Crippen molar-refractivity contribution in [1.29, 1.82) is 0 Å². The van der Waals surface area contributed by atoms with Crippen molar-refractivity contribution in [3.8, 4) is 0 Å². The number of hydrogen-bond acceptors (Lipinski definition) is 4. The van der Waals surface area contributed by atoms with Crippen LogP contribution >= 0.6 is 0 Å². The Hall–Kier alpha value is -1.66. The van der Waals surface area contributed by atoms with Crippen LogP contribution in [0.5, 0.6) is 0 Å². The second-order valence-corrected chi connectivity index (χ2v) is 6.98. The highest BCUT2D eigenvalue weighted by molar-refractivity contribution is 7.90. The molecule has 0 aliphatic heterocycles. The van der Waals surface area contributed by atoms with Crippen LogP contribution in [0.4, 0.5) is 0 Å².